The predicted octanol–water partition coefficient (Wildman–Crippen LogP) is 0.299. The molecule has 0 amide bonds. The van der Waals surface area contributed by atoms with Gasteiger partial charge in [-0.25, -0.2) is 0 Å². The van der Waals surface area contributed by atoms with Gasteiger partial charge < -0.3 is 14.9 Å². The lowest BCUT2D eigenvalue weighted by Crippen LogP contribution is -2.56. The highest BCUT2D eigenvalue weighted by atomic mass is 16.5. The molecule has 74 valence electrons. The Kier molecular flexibility index (Phi) is 1.43. The van der Waals surface area contributed by atoms with Gasteiger partial charge in [0.15, 0.2) is 0 Å². The van der Waals surface area contributed by atoms with E-state index >= 15 is 0 Å². The van der Waals surface area contributed by atoms with Crippen molar-refractivity contribution in [2.45, 2.75) is 36.9 Å². The topological polar surface area (TPSA) is 49.7 Å². The Morgan fingerprint density at radius 3 is 1.54 bits per heavy atom. The molecular formula is C10H16O3. The van der Waals surface area contributed by atoms with Gasteiger partial charge in [0, 0.05) is 0 Å². The quantitative estimate of drug-likeness (QED) is 0.649. The molecule has 0 aromatic carbocycles. The molecule has 1 heterocycles. The molecule has 2 aliphatic carbocycles. The first-order valence-corrected chi connectivity index (χ1v) is 5.19. The van der Waals surface area contributed by atoms with E-state index in [1.165, 1.54) is 0 Å². The van der Waals surface area contributed by atoms with Gasteiger partial charge in [-0.2, -0.15) is 0 Å². The van der Waals surface area contributed by atoms with Crippen molar-refractivity contribution < 1.29 is 14.9 Å². The Bertz CT molecular complexity index is 210. The first-order chi connectivity index (χ1) is 6.17. The van der Waals surface area contributed by atoms with Crippen LogP contribution < -0.4 is 0 Å². The smallest absolute Gasteiger partial charge is 0.122 e. The van der Waals surface area contributed by atoms with E-state index in [-0.39, 0.29) is 0 Å². The summed E-state index contributed by atoms with van der Waals surface area (Å²) in [5.74, 6) is 0.584. The van der Waals surface area contributed by atoms with Crippen molar-refractivity contribution in [3.05, 3.63) is 0 Å². The minimum atomic E-state index is -0.922. The van der Waals surface area contributed by atoms with Gasteiger partial charge in [0.25, 0.3) is 0 Å². The summed E-state index contributed by atoms with van der Waals surface area (Å²) in [6.45, 7) is 0.676. The normalized spacial score (nSPS) is 51.2. The Morgan fingerprint density at radius 1 is 0.846 bits per heavy atom. The van der Waals surface area contributed by atoms with E-state index in [0.717, 1.165) is 25.7 Å². The summed E-state index contributed by atoms with van der Waals surface area (Å²) in [6.07, 6.45) is 4.20. The number of rotatable bonds is 2. The Morgan fingerprint density at radius 2 is 1.23 bits per heavy atom. The summed E-state index contributed by atoms with van der Waals surface area (Å²) in [7, 11) is 0. The van der Waals surface area contributed by atoms with Crippen LogP contribution in [0.15, 0.2) is 0 Å². The van der Waals surface area contributed by atoms with Crippen LogP contribution in [0.25, 0.3) is 0 Å². The van der Waals surface area contributed by atoms with Crippen molar-refractivity contribution in [1.82, 2.24) is 0 Å². The standard InChI is InChI=1S/C10H16O3/c11-9(7-1-2-7)5-13-6-10(9,12)8-3-4-8/h7-8,11-12H,1-6H2. The molecule has 0 aromatic rings. The lowest BCUT2D eigenvalue weighted by molar-refractivity contribution is -0.142. The van der Waals surface area contributed by atoms with Crippen molar-refractivity contribution in [3.63, 3.8) is 0 Å². The molecule has 3 fully saturated rings. The molecular weight excluding hydrogens is 168 g/mol. The van der Waals surface area contributed by atoms with Gasteiger partial charge in [0.1, 0.15) is 11.2 Å². The molecule has 3 heteroatoms. The van der Waals surface area contributed by atoms with Crippen LogP contribution in [0.2, 0.25) is 0 Å². The molecule has 2 unspecified atom stereocenters. The fourth-order valence-corrected chi connectivity index (χ4v) is 2.68. The van der Waals surface area contributed by atoms with Crippen molar-refractivity contribution in [3.8, 4) is 0 Å². The highest BCUT2D eigenvalue weighted by Crippen LogP contribution is 2.55. The fraction of sp³-hybridized carbons (Fsp3) is 1.00. The van der Waals surface area contributed by atoms with Gasteiger partial charge in [0.2, 0.25) is 0 Å². The van der Waals surface area contributed by atoms with Crippen LogP contribution in [0.4, 0.5) is 0 Å². The lowest BCUT2D eigenvalue weighted by Gasteiger charge is -2.36. The first-order valence-electron chi connectivity index (χ1n) is 5.19. The lowest BCUT2D eigenvalue weighted by atomic mass is 9.78. The third-order valence-corrected chi connectivity index (χ3v) is 3.90. The van der Waals surface area contributed by atoms with E-state index in [9.17, 15) is 10.2 Å². The molecule has 3 aliphatic rings. The van der Waals surface area contributed by atoms with Crippen molar-refractivity contribution in [2.24, 2.45) is 11.8 Å². The molecule has 2 N–H and O–H groups in total. The minimum Gasteiger partial charge on any atom is -0.384 e. The van der Waals surface area contributed by atoms with Crippen LogP contribution in [0.1, 0.15) is 25.7 Å². The summed E-state index contributed by atoms with van der Waals surface area (Å²) in [5, 5.41) is 20.8. The van der Waals surface area contributed by atoms with E-state index < -0.39 is 11.2 Å². The summed E-state index contributed by atoms with van der Waals surface area (Å²) in [5.41, 5.74) is -1.84. The average molecular weight is 184 g/mol. The number of aliphatic hydroxyl groups is 2. The van der Waals surface area contributed by atoms with Gasteiger partial charge in [-0.05, 0) is 37.5 Å². The second kappa shape index (κ2) is 2.27. The van der Waals surface area contributed by atoms with Gasteiger partial charge in [-0.1, -0.05) is 0 Å². The molecule has 0 bridgehead atoms. The van der Waals surface area contributed by atoms with Gasteiger partial charge >= 0.3 is 0 Å². The molecule has 2 atom stereocenters. The zero-order chi connectivity index (χ0) is 9.10. The van der Waals surface area contributed by atoms with E-state index in [1.807, 2.05) is 0 Å². The van der Waals surface area contributed by atoms with E-state index in [4.69, 9.17) is 4.74 Å². The Hall–Kier alpha value is -0.120. The summed E-state index contributed by atoms with van der Waals surface area (Å²) in [6, 6.07) is 0. The zero-order valence-corrected chi connectivity index (χ0v) is 7.70. The second-order valence-corrected chi connectivity index (χ2v) is 4.89. The van der Waals surface area contributed by atoms with Gasteiger partial charge in [0.05, 0.1) is 13.2 Å². The maximum absolute atomic E-state index is 10.4. The van der Waals surface area contributed by atoms with E-state index in [2.05, 4.69) is 0 Å². The predicted molar refractivity (Wildman–Crippen MR) is 46.2 cm³/mol. The number of hydrogen-bond acceptors (Lipinski definition) is 3. The van der Waals surface area contributed by atoms with Crippen molar-refractivity contribution >= 4 is 0 Å². The SMILES string of the molecule is OC1(C2CC2)COCC1(O)C1CC1. The summed E-state index contributed by atoms with van der Waals surface area (Å²) >= 11 is 0. The Balaban J connectivity index is 1.91. The van der Waals surface area contributed by atoms with Gasteiger partial charge in [-0.3, -0.25) is 0 Å². The van der Waals surface area contributed by atoms with E-state index in [1.54, 1.807) is 0 Å². The highest BCUT2D eigenvalue weighted by Gasteiger charge is 2.66. The number of hydrogen-bond donors (Lipinski definition) is 2. The van der Waals surface area contributed by atoms with Crippen LogP contribution in [-0.2, 0) is 4.74 Å². The Labute approximate surface area is 77.7 Å². The maximum Gasteiger partial charge on any atom is 0.122 e. The largest absolute Gasteiger partial charge is 0.384 e. The van der Waals surface area contributed by atoms with Crippen LogP contribution >= 0.6 is 0 Å². The number of ether oxygens (including phenoxy) is 1. The molecule has 3 nitrogen and oxygen atoms in total. The monoisotopic (exact) mass is 184 g/mol. The maximum atomic E-state index is 10.4. The third kappa shape index (κ3) is 0.953. The summed E-state index contributed by atoms with van der Waals surface area (Å²) in [4.78, 5) is 0. The fourth-order valence-electron chi connectivity index (χ4n) is 2.68. The van der Waals surface area contributed by atoms with Crippen molar-refractivity contribution in [1.29, 1.82) is 0 Å². The minimum absolute atomic E-state index is 0.292. The molecule has 3 rings (SSSR count). The molecule has 1 aliphatic heterocycles. The average Bonchev–Trinajstić information content (AvgIpc) is 2.98. The zero-order valence-electron chi connectivity index (χ0n) is 7.70. The highest BCUT2D eigenvalue weighted by molar-refractivity contribution is 5.16. The second-order valence-electron chi connectivity index (χ2n) is 4.89. The van der Waals surface area contributed by atoms with Crippen LogP contribution in [0.5, 0.6) is 0 Å². The van der Waals surface area contributed by atoms with E-state index in [0.29, 0.717) is 25.0 Å². The van der Waals surface area contributed by atoms with Crippen molar-refractivity contribution in [2.75, 3.05) is 13.2 Å². The molecule has 0 aromatic heterocycles. The molecule has 1 saturated heterocycles. The third-order valence-electron chi connectivity index (χ3n) is 3.90. The molecule has 13 heavy (non-hydrogen) atoms. The first kappa shape index (κ1) is 8.21. The molecule has 0 spiro atoms. The van der Waals surface area contributed by atoms with Gasteiger partial charge in [-0.15, -0.1) is 0 Å². The summed E-state index contributed by atoms with van der Waals surface area (Å²) < 4.78 is 5.28. The van der Waals surface area contributed by atoms with Crippen LogP contribution in [0.3, 0.4) is 0 Å². The van der Waals surface area contributed by atoms with Crippen LogP contribution in [-0.4, -0.2) is 34.6 Å². The van der Waals surface area contributed by atoms with Crippen LogP contribution in [0, 0.1) is 11.8 Å². The molecule has 2 saturated carbocycles. The molecule has 0 radical (unpaired) electrons.